The maximum absolute atomic E-state index is 9.99. The van der Waals surface area contributed by atoms with E-state index in [0.717, 1.165) is 21.9 Å². The Morgan fingerprint density at radius 1 is 0.778 bits per heavy atom. The van der Waals surface area contributed by atoms with Crippen LogP contribution in [-0.2, 0) is 0 Å². The van der Waals surface area contributed by atoms with Gasteiger partial charge in [0.05, 0.1) is 0 Å². The van der Waals surface area contributed by atoms with Gasteiger partial charge in [0.1, 0.15) is 5.75 Å². The highest BCUT2D eigenvalue weighted by molar-refractivity contribution is 6.03. The fraction of sp³-hybridized carbons (Fsp3) is 0. The topological polar surface area (TPSA) is 46.2 Å². The fourth-order valence-corrected chi connectivity index (χ4v) is 2.27. The summed E-state index contributed by atoms with van der Waals surface area (Å²) >= 11 is 0. The molecule has 0 fully saturated rings. The van der Waals surface area contributed by atoms with Crippen molar-refractivity contribution in [3.8, 4) is 16.9 Å². The summed E-state index contributed by atoms with van der Waals surface area (Å²) in [6, 6.07) is 19.2. The zero-order valence-corrected chi connectivity index (χ0v) is 9.80. The monoisotopic (exact) mass is 235 g/mol. The molecule has 18 heavy (non-hydrogen) atoms. The van der Waals surface area contributed by atoms with Gasteiger partial charge in [0, 0.05) is 16.8 Å². The van der Waals surface area contributed by atoms with Crippen molar-refractivity contribution < 1.29 is 5.11 Å². The quantitative estimate of drug-likeness (QED) is 0.630. The largest absolute Gasteiger partial charge is 0.507 e. The van der Waals surface area contributed by atoms with Crippen molar-refractivity contribution in [2.24, 2.45) is 0 Å². The Bertz CT molecular complexity index is 719. The Kier molecular flexibility index (Phi) is 2.41. The number of para-hydroxylation sites is 1. The van der Waals surface area contributed by atoms with Crippen LogP contribution in [-0.4, -0.2) is 5.11 Å². The number of fused-ring (bicyclic) bond motifs is 1. The number of rotatable bonds is 1. The van der Waals surface area contributed by atoms with Crippen LogP contribution >= 0.6 is 0 Å². The Morgan fingerprint density at radius 2 is 1.50 bits per heavy atom. The third kappa shape index (κ3) is 1.59. The SMILES string of the molecule is Nc1ccc2ccccc2c1-c1ccccc1O. The number of anilines is 1. The minimum atomic E-state index is 0.251. The van der Waals surface area contributed by atoms with E-state index in [1.807, 2.05) is 48.5 Å². The van der Waals surface area contributed by atoms with Gasteiger partial charge in [-0.25, -0.2) is 0 Å². The van der Waals surface area contributed by atoms with Crippen molar-refractivity contribution in [1.29, 1.82) is 0 Å². The Hall–Kier alpha value is -2.48. The van der Waals surface area contributed by atoms with Crippen LogP contribution in [0.1, 0.15) is 0 Å². The smallest absolute Gasteiger partial charge is 0.123 e. The number of aromatic hydroxyl groups is 1. The average molecular weight is 235 g/mol. The van der Waals surface area contributed by atoms with Crippen LogP contribution in [0.15, 0.2) is 60.7 Å². The van der Waals surface area contributed by atoms with Gasteiger partial charge in [-0.2, -0.15) is 0 Å². The van der Waals surface area contributed by atoms with Crippen LogP contribution in [0.4, 0.5) is 5.69 Å². The molecule has 2 heteroatoms. The van der Waals surface area contributed by atoms with Crippen molar-refractivity contribution in [2.45, 2.75) is 0 Å². The molecule has 0 aliphatic heterocycles. The Labute approximate surface area is 105 Å². The van der Waals surface area contributed by atoms with Gasteiger partial charge in [0.15, 0.2) is 0 Å². The number of phenols is 1. The summed E-state index contributed by atoms with van der Waals surface area (Å²) < 4.78 is 0. The van der Waals surface area contributed by atoms with E-state index in [-0.39, 0.29) is 5.75 Å². The molecule has 3 N–H and O–H groups in total. The summed E-state index contributed by atoms with van der Waals surface area (Å²) in [5, 5.41) is 12.2. The van der Waals surface area contributed by atoms with Crippen LogP contribution in [0.25, 0.3) is 21.9 Å². The van der Waals surface area contributed by atoms with Crippen LogP contribution < -0.4 is 5.73 Å². The minimum Gasteiger partial charge on any atom is -0.507 e. The molecule has 0 bridgehead atoms. The first kappa shape index (κ1) is 10.7. The molecule has 0 radical (unpaired) electrons. The maximum atomic E-state index is 9.99. The van der Waals surface area contributed by atoms with Gasteiger partial charge >= 0.3 is 0 Å². The Balaban J connectivity index is 2.42. The van der Waals surface area contributed by atoms with Gasteiger partial charge in [-0.15, -0.1) is 0 Å². The predicted molar refractivity (Wildman–Crippen MR) is 75.5 cm³/mol. The molecule has 0 aliphatic carbocycles. The van der Waals surface area contributed by atoms with Gasteiger partial charge in [-0.05, 0) is 22.9 Å². The first-order valence-corrected chi connectivity index (χ1v) is 5.83. The zero-order chi connectivity index (χ0) is 12.5. The molecule has 0 saturated carbocycles. The van der Waals surface area contributed by atoms with Gasteiger partial charge < -0.3 is 10.8 Å². The standard InChI is InChI=1S/C16H13NO/c17-14-10-9-11-5-1-2-6-12(11)16(14)13-7-3-4-8-15(13)18/h1-10,18H,17H2. The summed E-state index contributed by atoms with van der Waals surface area (Å²) in [7, 11) is 0. The van der Waals surface area contributed by atoms with E-state index in [9.17, 15) is 5.11 Å². The van der Waals surface area contributed by atoms with E-state index >= 15 is 0 Å². The van der Waals surface area contributed by atoms with Crippen LogP contribution in [0, 0.1) is 0 Å². The molecule has 0 spiro atoms. The second-order valence-electron chi connectivity index (χ2n) is 4.27. The Morgan fingerprint density at radius 3 is 2.33 bits per heavy atom. The molecule has 0 atom stereocenters. The molecule has 3 aromatic rings. The van der Waals surface area contributed by atoms with Crippen molar-refractivity contribution in [2.75, 3.05) is 5.73 Å². The highest BCUT2D eigenvalue weighted by Gasteiger charge is 2.10. The van der Waals surface area contributed by atoms with E-state index < -0.39 is 0 Å². The molecule has 0 aliphatic rings. The van der Waals surface area contributed by atoms with Crippen molar-refractivity contribution in [3.05, 3.63) is 60.7 Å². The minimum absolute atomic E-state index is 0.251. The first-order valence-electron chi connectivity index (χ1n) is 5.83. The molecular weight excluding hydrogens is 222 g/mol. The number of nitrogens with two attached hydrogens (primary N) is 1. The van der Waals surface area contributed by atoms with E-state index in [2.05, 4.69) is 0 Å². The lowest BCUT2D eigenvalue weighted by Gasteiger charge is -2.11. The number of nitrogen functional groups attached to an aromatic ring is 1. The maximum Gasteiger partial charge on any atom is 0.123 e. The average Bonchev–Trinajstić information content (AvgIpc) is 2.40. The molecule has 0 saturated heterocycles. The van der Waals surface area contributed by atoms with Crippen molar-refractivity contribution in [1.82, 2.24) is 0 Å². The molecule has 0 heterocycles. The van der Waals surface area contributed by atoms with Crippen molar-refractivity contribution >= 4 is 16.5 Å². The zero-order valence-electron chi connectivity index (χ0n) is 9.80. The summed E-state index contributed by atoms with van der Waals surface area (Å²) in [6.07, 6.45) is 0. The summed E-state index contributed by atoms with van der Waals surface area (Å²) in [5.74, 6) is 0.251. The van der Waals surface area contributed by atoms with Gasteiger partial charge in [-0.3, -0.25) is 0 Å². The molecular formula is C16H13NO. The highest BCUT2D eigenvalue weighted by Crippen LogP contribution is 2.38. The summed E-state index contributed by atoms with van der Waals surface area (Å²) in [6.45, 7) is 0. The van der Waals surface area contributed by atoms with Gasteiger partial charge in [0.25, 0.3) is 0 Å². The van der Waals surface area contributed by atoms with Crippen LogP contribution in [0.5, 0.6) is 5.75 Å². The summed E-state index contributed by atoms with van der Waals surface area (Å²) in [5.41, 5.74) is 8.42. The normalized spacial score (nSPS) is 10.7. The van der Waals surface area contributed by atoms with E-state index in [1.54, 1.807) is 12.1 Å². The van der Waals surface area contributed by atoms with Crippen molar-refractivity contribution in [3.63, 3.8) is 0 Å². The summed E-state index contributed by atoms with van der Waals surface area (Å²) in [4.78, 5) is 0. The molecule has 0 unspecified atom stereocenters. The third-order valence-electron chi connectivity index (χ3n) is 3.13. The fourth-order valence-electron chi connectivity index (χ4n) is 2.27. The lowest BCUT2D eigenvalue weighted by atomic mass is 9.96. The van der Waals surface area contributed by atoms with E-state index in [1.165, 1.54) is 0 Å². The van der Waals surface area contributed by atoms with E-state index in [4.69, 9.17) is 5.73 Å². The lowest BCUT2D eigenvalue weighted by molar-refractivity contribution is 0.477. The lowest BCUT2D eigenvalue weighted by Crippen LogP contribution is -1.91. The molecule has 3 rings (SSSR count). The van der Waals surface area contributed by atoms with Crippen LogP contribution in [0.3, 0.4) is 0 Å². The number of hydrogen-bond donors (Lipinski definition) is 2. The van der Waals surface area contributed by atoms with Gasteiger partial charge in [0.2, 0.25) is 0 Å². The molecule has 2 nitrogen and oxygen atoms in total. The van der Waals surface area contributed by atoms with Gasteiger partial charge in [-0.1, -0.05) is 48.5 Å². The molecule has 3 aromatic carbocycles. The molecule has 0 aromatic heterocycles. The number of hydrogen-bond acceptors (Lipinski definition) is 2. The highest BCUT2D eigenvalue weighted by atomic mass is 16.3. The number of phenolic OH excluding ortho intramolecular Hbond substituents is 1. The van der Waals surface area contributed by atoms with E-state index in [0.29, 0.717) is 5.69 Å². The predicted octanol–water partition coefficient (Wildman–Crippen LogP) is 3.79. The number of benzene rings is 3. The molecule has 88 valence electrons. The first-order chi connectivity index (χ1) is 8.77. The second-order valence-corrected chi connectivity index (χ2v) is 4.27. The second kappa shape index (κ2) is 4.08. The van der Waals surface area contributed by atoms with Crippen LogP contribution in [0.2, 0.25) is 0 Å². The third-order valence-corrected chi connectivity index (χ3v) is 3.13. The molecule has 0 amide bonds.